The molecule has 0 amide bonds. The third-order valence-electron chi connectivity index (χ3n) is 4.51. The maximum atomic E-state index is 10.5. The van der Waals surface area contributed by atoms with Crippen LogP contribution in [0.3, 0.4) is 0 Å². The van der Waals surface area contributed by atoms with E-state index >= 15 is 0 Å². The van der Waals surface area contributed by atoms with E-state index in [0.29, 0.717) is 0 Å². The summed E-state index contributed by atoms with van der Waals surface area (Å²) in [4.78, 5) is 10.5. The van der Waals surface area contributed by atoms with Crippen molar-refractivity contribution in [3.05, 3.63) is 11.6 Å². The van der Waals surface area contributed by atoms with Crippen molar-refractivity contribution >= 4 is 5.97 Å². The molecule has 0 fully saturated rings. The quantitative estimate of drug-likeness (QED) is 0.297. The van der Waals surface area contributed by atoms with E-state index in [2.05, 4.69) is 27.7 Å². The molecule has 0 unspecified atom stereocenters. The molecule has 0 bridgehead atoms. The Labute approximate surface area is 155 Å². The Morgan fingerprint density at radius 2 is 1.30 bits per heavy atom. The van der Waals surface area contributed by atoms with E-state index < -0.39 is 5.97 Å². The van der Waals surface area contributed by atoms with Gasteiger partial charge in [0.15, 0.2) is 0 Å². The van der Waals surface area contributed by atoms with Crippen LogP contribution < -0.4 is 0 Å². The van der Waals surface area contributed by atoms with Crippen molar-refractivity contribution in [1.29, 1.82) is 0 Å². The van der Waals surface area contributed by atoms with E-state index in [-0.39, 0.29) is 17.1 Å². The maximum Gasteiger partial charge on any atom is 0.328 e. The number of carbonyl (C=O) groups is 1. The van der Waals surface area contributed by atoms with Crippen LogP contribution in [0.2, 0.25) is 0 Å². The molecule has 23 heavy (non-hydrogen) atoms. The van der Waals surface area contributed by atoms with Gasteiger partial charge >= 0.3 is 5.97 Å². The van der Waals surface area contributed by atoms with Crippen molar-refractivity contribution in [3.8, 4) is 0 Å². The average molecular weight is 374 g/mol. The van der Waals surface area contributed by atoms with Crippen molar-refractivity contribution in [1.82, 2.24) is 0 Å². The van der Waals surface area contributed by atoms with E-state index in [9.17, 15) is 4.79 Å². The number of aliphatic carboxylic acids is 1. The fourth-order valence-corrected chi connectivity index (χ4v) is 2.99. The van der Waals surface area contributed by atoms with Crippen LogP contribution in [-0.4, -0.2) is 11.1 Å². The van der Waals surface area contributed by atoms with E-state index in [1.807, 2.05) is 6.92 Å². The Hall–Kier alpha value is -0.271. The summed E-state index contributed by atoms with van der Waals surface area (Å²) < 4.78 is 0. The SMILES string of the molecule is C/C(=C\C(=O)O)CCC[C@H](C)CCC[C@H](C)CCCC(C)C.[Cu]. The Morgan fingerprint density at radius 3 is 1.74 bits per heavy atom. The van der Waals surface area contributed by atoms with Gasteiger partial charge in [0, 0.05) is 23.1 Å². The first-order valence-corrected chi connectivity index (χ1v) is 9.21. The summed E-state index contributed by atoms with van der Waals surface area (Å²) in [5.41, 5.74) is 0.985. The van der Waals surface area contributed by atoms with Crippen LogP contribution in [0, 0.1) is 17.8 Å². The summed E-state index contributed by atoms with van der Waals surface area (Å²) in [6.07, 6.45) is 12.7. The average Bonchev–Trinajstić information content (AvgIpc) is 2.37. The second-order valence-corrected chi connectivity index (χ2v) is 7.69. The van der Waals surface area contributed by atoms with E-state index in [4.69, 9.17) is 5.11 Å². The minimum absolute atomic E-state index is 0. The van der Waals surface area contributed by atoms with Gasteiger partial charge in [-0.3, -0.25) is 0 Å². The fraction of sp³-hybridized carbons (Fsp3) is 0.850. The van der Waals surface area contributed by atoms with Crippen LogP contribution in [-0.2, 0) is 21.9 Å². The predicted molar refractivity (Wildman–Crippen MR) is 96.1 cm³/mol. The molecule has 1 radical (unpaired) electrons. The normalized spacial score (nSPS) is 14.4. The fourth-order valence-electron chi connectivity index (χ4n) is 2.99. The Morgan fingerprint density at radius 1 is 0.870 bits per heavy atom. The Kier molecular flexibility index (Phi) is 16.6. The molecule has 0 heterocycles. The zero-order chi connectivity index (χ0) is 17.0. The molecular formula is C20H38CuO2. The number of rotatable bonds is 13. The summed E-state index contributed by atoms with van der Waals surface area (Å²) in [5.74, 6) is 1.65. The third-order valence-corrected chi connectivity index (χ3v) is 4.51. The number of hydrogen-bond donors (Lipinski definition) is 1. The number of carboxylic acid groups (broad SMARTS) is 1. The van der Waals surface area contributed by atoms with Crippen LogP contribution in [0.4, 0.5) is 0 Å². The second kappa shape index (κ2) is 15.3. The van der Waals surface area contributed by atoms with Gasteiger partial charge in [0.25, 0.3) is 0 Å². The maximum absolute atomic E-state index is 10.5. The van der Waals surface area contributed by atoms with E-state index in [1.54, 1.807) is 0 Å². The number of allylic oxidation sites excluding steroid dienone is 1. The predicted octanol–water partition coefficient (Wildman–Crippen LogP) is 6.45. The molecule has 0 aliphatic heterocycles. The van der Waals surface area contributed by atoms with E-state index in [1.165, 1.54) is 51.0 Å². The Bertz CT molecular complexity index is 324. The minimum atomic E-state index is -0.822. The molecule has 0 saturated heterocycles. The first-order valence-electron chi connectivity index (χ1n) is 9.21. The molecule has 1 N–H and O–H groups in total. The summed E-state index contributed by atoms with van der Waals surface area (Å²) in [6.45, 7) is 11.3. The van der Waals surface area contributed by atoms with Crippen molar-refractivity contribution in [2.45, 2.75) is 92.4 Å². The first kappa shape index (κ1) is 25.0. The molecule has 0 spiro atoms. The van der Waals surface area contributed by atoms with Gasteiger partial charge in [-0.1, -0.05) is 78.2 Å². The van der Waals surface area contributed by atoms with Crippen LogP contribution in [0.15, 0.2) is 11.6 Å². The van der Waals surface area contributed by atoms with Crippen molar-refractivity contribution in [2.75, 3.05) is 0 Å². The molecule has 0 aliphatic rings. The van der Waals surface area contributed by atoms with Crippen LogP contribution in [0.5, 0.6) is 0 Å². The van der Waals surface area contributed by atoms with Crippen molar-refractivity contribution < 1.29 is 27.0 Å². The largest absolute Gasteiger partial charge is 0.478 e. The second-order valence-electron chi connectivity index (χ2n) is 7.69. The smallest absolute Gasteiger partial charge is 0.328 e. The molecule has 2 atom stereocenters. The van der Waals surface area contributed by atoms with Gasteiger partial charge in [0.1, 0.15) is 0 Å². The summed E-state index contributed by atoms with van der Waals surface area (Å²) >= 11 is 0. The molecule has 0 saturated carbocycles. The Balaban J connectivity index is 0. The third kappa shape index (κ3) is 17.9. The topological polar surface area (TPSA) is 37.3 Å². The zero-order valence-electron chi connectivity index (χ0n) is 15.8. The van der Waals surface area contributed by atoms with Gasteiger partial charge in [-0.05, 0) is 37.5 Å². The number of carboxylic acids is 1. The van der Waals surface area contributed by atoms with Gasteiger partial charge in [0.2, 0.25) is 0 Å². The summed E-state index contributed by atoms with van der Waals surface area (Å²) in [5, 5.41) is 8.68. The summed E-state index contributed by atoms with van der Waals surface area (Å²) in [6, 6.07) is 0. The number of hydrogen-bond acceptors (Lipinski definition) is 1. The molecule has 0 aromatic heterocycles. The van der Waals surface area contributed by atoms with Gasteiger partial charge in [0.05, 0.1) is 0 Å². The molecule has 3 heteroatoms. The van der Waals surface area contributed by atoms with Crippen molar-refractivity contribution in [3.63, 3.8) is 0 Å². The van der Waals surface area contributed by atoms with Gasteiger partial charge in [-0.25, -0.2) is 4.79 Å². The summed E-state index contributed by atoms with van der Waals surface area (Å²) in [7, 11) is 0. The first-order chi connectivity index (χ1) is 10.3. The minimum Gasteiger partial charge on any atom is -0.478 e. The molecular weight excluding hydrogens is 336 g/mol. The van der Waals surface area contributed by atoms with Gasteiger partial charge in [-0.2, -0.15) is 0 Å². The van der Waals surface area contributed by atoms with Crippen LogP contribution in [0.25, 0.3) is 0 Å². The molecule has 2 nitrogen and oxygen atoms in total. The molecule has 0 aromatic carbocycles. The zero-order valence-corrected chi connectivity index (χ0v) is 16.8. The standard InChI is InChI=1S/C20H38O2.Cu/c1-16(2)9-6-10-17(3)11-7-12-18(4)13-8-14-19(5)15-20(21)22;/h15-18H,6-14H2,1-5H3,(H,21,22);/b19-15+;/t17-,18-;/m1./s1. The molecule has 141 valence electrons. The van der Waals surface area contributed by atoms with Gasteiger partial charge in [-0.15, -0.1) is 0 Å². The van der Waals surface area contributed by atoms with Crippen LogP contribution in [0.1, 0.15) is 92.4 Å². The molecule has 0 aliphatic carbocycles. The van der Waals surface area contributed by atoms with Gasteiger partial charge < -0.3 is 5.11 Å². The molecule has 0 rings (SSSR count). The van der Waals surface area contributed by atoms with Crippen LogP contribution >= 0.6 is 0 Å². The monoisotopic (exact) mass is 373 g/mol. The van der Waals surface area contributed by atoms with Crippen molar-refractivity contribution in [2.24, 2.45) is 17.8 Å². The molecule has 0 aromatic rings. The van der Waals surface area contributed by atoms with E-state index in [0.717, 1.165) is 36.2 Å².